The molecule has 0 bridgehead atoms. The molecule has 5 nitrogen and oxygen atoms in total. The Bertz CT molecular complexity index is 501. The molecule has 1 aromatic carbocycles. The Morgan fingerprint density at radius 2 is 1.95 bits per heavy atom. The number of carbonyl (C=O) groups excluding carboxylic acids is 2. The number of likely N-dealkylation sites (N-methyl/N-ethyl adjacent to an activating group) is 1. The van der Waals surface area contributed by atoms with Crippen molar-refractivity contribution in [2.24, 2.45) is 0 Å². The molecule has 1 aromatic rings. The van der Waals surface area contributed by atoms with Gasteiger partial charge in [-0.1, -0.05) is 0 Å². The first kappa shape index (κ1) is 16.5. The summed E-state index contributed by atoms with van der Waals surface area (Å²) in [5.74, 6) is -0.777. The Morgan fingerprint density at radius 1 is 1.35 bits per heavy atom. The summed E-state index contributed by atoms with van der Waals surface area (Å²) in [4.78, 5) is 25.7. The Hall–Kier alpha value is -1.56. The van der Waals surface area contributed by atoms with Gasteiger partial charge < -0.3 is 15.4 Å². The molecule has 1 atom stereocenters. The molecule has 0 aromatic heterocycles. The fourth-order valence-corrected chi connectivity index (χ4v) is 2.17. The van der Waals surface area contributed by atoms with Gasteiger partial charge in [0.05, 0.1) is 5.56 Å². The van der Waals surface area contributed by atoms with Crippen LogP contribution in [-0.2, 0) is 9.53 Å². The van der Waals surface area contributed by atoms with Gasteiger partial charge in [-0.15, -0.1) is 0 Å². The maximum atomic E-state index is 12.1. The Labute approximate surface area is 127 Å². The fourth-order valence-electron chi connectivity index (χ4n) is 1.77. The Kier molecular flexibility index (Phi) is 6.01. The average molecular weight is 343 g/mol. The molecule has 0 fully saturated rings. The largest absolute Gasteiger partial charge is 0.449 e. The summed E-state index contributed by atoms with van der Waals surface area (Å²) < 4.78 is 5.79. The van der Waals surface area contributed by atoms with Crippen LogP contribution in [0, 0.1) is 0 Å². The number of nitrogen functional groups attached to an aromatic ring is 1. The van der Waals surface area contributed by atoms with E-state index in [1.54, 1.807) is 24.0 Å². The van der Waals surface area contributed by atoms with Crippen LogP contribution in [0.4, 0.5) is 5.69 Å². The summed E-state index contributed by atoms with van der Waals surface area (Å²) in [6.45, 7) is 6.49. The zero-order valence-corrected chi connectivity index (χ0v) is 13.4. The molecule has 0 saturated carbocycles. The third-order valence-electron chi connectivity index (χ3n) is 2.92. The van der Waals surface area contributed by atoms with Crippen LogP contribution in [0.3, 0.4) is 0 Å². The van der Waals surface area contributed by atoms with E-state index in [0.717, 1.165) is 0 Å². The lowest BCUT2D eigenvalue weighted by Crippen LogP contribution is -2.39. The number of amides is 1. The van der Waals surface area contributed by atoms with Crippen molar-refractivity contribution < 1.29 is 14.3 Å². The predicted molar refractivity (Wildman–Crippen MR) is 81.4 cm³/mol. The predicted octanol–water partition coefficient (Wildman–Crippen LogP) is 2.44. The summed E-state index contributed by atoms with van der Waals surface area (Å²) in [6.07, 6.45) is -0.823. The molecule has 0 aliphatic heterocycles. The van der Waals surface area contributed by atoms with Gasteiger partial charge in [0.25, 0.3) is 5.91 Å². The summed E-state index contributed by atoms with van der Waals surface area (Å²) in [7, 11) is 0. The van der Waals surface area contributed by atoms with E-state index in [2.05, 4.69) is 15.9 Å². The third-order valence-corrected chi connectivity index (χ3v) is 3.61. The van der Waals surface area contributed by atoms with Crippen molar-refractivity contribution in [2.75, 3.05) is 18.8 Å². The first-order chi connectivity index (χ1) is 9.40. The van der Waals surface area contributed by atoms with E-state index in [4.69, 9.17) is 10.5 Å². The summed E-state index contributed by atoms with van der Waals surface area (Å²) in [5, 5.41) is 0. The third kappa shape index (κ3) is 3.96. The van der Waals surface area contributed by atoms with E-state index in [1.165, 1.54) is 6.07 Å². The van der Waals surface area contributed by atoms with Crippen LogP contribution >= 0.6 is 15.9 Å². The average Bonchev–Trinajstić information content (AvgIpc) is 2.42. The molecular weight excluding hydrogens is 324 g/mol. The molecule has 0 radical (unpaired) electrons. The van der Waals surface area contributed by atoms with Crippen molar-refractivity contribution in [3.63, 3.8) is 0 Å². The molecule has 2 N–H and O–H groups in total. The minimum Gasteiger partial charge on any atom is -0.449 e. The Balaban J connectivity index is 2.80. The van der Waals surface area contributed by atoms with Gasteiger partial charge >= 0.3 is 5.97 Å². The van der Waals surface area contributed by atoms with Gasteiger partial charge in [0.15, 0.2) is 6.10 Å². The number of nitrogens with zero attached hydrogens (tertiary/aromatic N) is 1. The molecule has 0 aliphatic rings. The number of esters is 1. The van der Waals surface area contributed by atoms with Gasteiger partial charge in [0, 0.05) is 23.2 Å². The monoisotopic (exact) mass is 342 g/mol. The number of halogens is 1. The summed E-state index contributed by atoms with van der Waals surface area (Å²) >= 11 is 3.26. The minimum absolute atomic E-state index is 0.205. The highest BCUT2D eigenvalue weighted by Gasteiger charge is 2.23. The van der Waals surface area contributed by atoms with Crippen LogP contribution in [0.25, 0.3) is 0 Å². The number of ether oxygens (including phenoxy) is 1. The number of anilines is 1. The molecule has 110 valence electrons. The first-order valence-corrected chi connectivity index (χ1v) is 7.24. The molecule has 1 rings (SSSR count). The molecule has 6 heteroatoms. The number of rotatable bonds is 5. The van der Waals surface area contributed by atoms with Crippen LogP contribution < -0.4 is 5.73 Å². The maximum absolute atomic E-state index is 12.1. The molecule has 1 amide bonds. The lowest BCUT2D eigenvalue weighted by molar-refractivity contribution is -0.139. The molecule has 1 unspecified atom stereocenters. The molecule has 0 saturated heterocycles. The van der Waals surface area contributed by atoms with Crippen molar-refractivity contribution in [2.45, 2.75) is 26.9 Å². The van der Waals surface area contributed by atoms with Gasteiger partial charge in [-0.25, -0.2) is 4.79 Å². The van der Waals surface area contributed by atoms with Crippen LogP contribution in [0.2, 0.25) is 0 Å². The highest BCUT2D eigenvalue weighted by Crippen LogP contribution is 2.21. The van der Waals surface area contributed by atoms with Crippen molar-refractivity contribution >= 4 is 33.5 Å². The van der Waals surface area contributed by atoms with E-state index >= 15 is 0 Å². The number of carbonyl (C=O) groups is 2. The standard InChI is InChI=1S/C14H19BrN2O3/c1-4-17(5-2)13(18)9(3)20-14(19)11-8-10(16)6-7-12(11)15/h6-9H,4-5,16H2,1-3H3. The smallest absolute Gasteiger partial charge is 0.340 e. The zero-order valence-electron chi connectivity index (χ0n) is 11.9. The molecule has 0 heterocycles. The van der Waals surface area contributed by atoms with Crippen molar-refractivity contribution in [1.82, 2.24) is 4.90 Å². The van der Waals surface area contributed by atoms with Gasteiger partial charge in [-0.3, -0.25) is 4.79 Å². The van der Waals surface area contributed by atoms with E-state index in [1.807, 2.05) is 13.8 Å². The van der Waals surface area contributed by atoms with Crippen molar-refractivity contribution in [3.05, 3.63) is 28.2 Å². The number of benzene rings is 1. The fraction of sp³-hybridized carbons (Fsp3) is 0.429. The van der Waals surface area contributed by atoms with Gasteiger partial charge in [0.2, 0.25) is 0 Å². The summed E-state index contributed by atoms with van der Waals surface area (Å²) in [5.41, 5.74) is 6.41. The first-order valence-electron chi connectivity index (χ1n) is 6.45. The van der Waals surface area contributed by atoms with Crippen LogP contribution in [0.1, 0.15) is 31.1 Å². The maximum Gasteiger partial charge on any atom is 0.340 e. The minimum atomic E-state index is -0.823. The molecule has 0 spiro atoms. The van der Waals surface area contributed by atoms with E-state index < -0.39 is 12.1 Å². The lowest BCUT2D eigenvalue weighted by Gasteiger charge is -2.22. The topological polar surface area (TPSA) is 72.6 Å². The summed E-state index contributed by atoms with van der Waals surface area (Å²) in [6, 6.07) is 4.86. The SMILES string of the molecule is CCN(CC)C(=O)C(C)OC(=O)c1cc(N)ccc1Br. The second kappa shape index (κ2) is 7.28. The normalized spacial score (nSPS) is 11.8. The quantitative estimate of drug-likeness (QED) is 0.658. The molecule has 0 aliphatic carbocycles. The van der Waals surface area contributed by atoms with E-state index in [-0.39, 0.29) is 5.91 Å². The second-order valence-corrected chi connectivity index (χ2v) is 5.15. The van der Waals surface area contributed by atoms with Crippen molar-refractivity contribution in [3.8, 4) is 0 Å². The Morgan fingerprint density at radius 3 is 2.50 bits per heavy atom. The van der Waals surface area contributed by atoms with Gasteiger partial charge in [-0.2, -0.15) is 0 Å². The lowest BCUT2D eigenvalue weighted by atomic mass is 10.2. The molecule has 20 heavy (non-hydrogen) atoms. The van der Waals surface area contributed by atoms with Crippen molar-refractivity contribution in [1.29, 1.82) is 0 Å². The zero-order chi connectivity index (χ0) is 15.3. The number of nitrogens with two attached hydrogens (primary N) is 1. The number of hydrogen-bond acceptors (Lipinski definition) is 4. The van der Waals surface area contributed by atoms with Crippen LogP contribution in [-0.4, -0.2) is 36.0 Å². The second-order valence-electron chi connectivity index (χ2n) is 4.30. The van der Waals surface area contributed by atoms with E-state index in [9.17, 15) is 9.59 Å². The van der Waals surface area contributed by atoms with Crippen LogP contribution in [0.5, 0.6) is 0 Å². The van der Waals surface area contributed by atoms with Crippen LogP contribution in [0.15, 0.2) is 22.7 Å². The van der Waals surface area contributed by atoms with E-state index in [0.29, 0.717) is 28.8 Å². The highest BCUT2D eigenvalue weighted by atomic mass is 79.9. The molecular formula is C14H19BrN2O3. The van der Waals surface area contributed by atoms with Gasteiger partial charge in [-0.05, 0) is 54.9 Å². The highest BCUT2D eigenvalue weighted by molar-refractivity contribution is 9.10. The number of hydrogen-bond donors (Lipinski definition) is 1. The van der Waals surface area contributed by atoms with Gasteiger partial charge in [0.1, 0.15) is 0 Å².